The maximum absolute atomic E-state index is 12.7. The standard InChI is InChI=1S/C10H14FNO/c1-7(13)10(12)6-8-3-2-4-9(11)5-8/h2-5,7,10,13H,6,12H2,1H3. The number of hydrogen-bond acceptors (Lipinski definition) is 2. The first-order valence-corrected chi connectivity index (χ1v) is 4.27. The van der Waals surface area contributed by atoms with E-state index in [4.69, 9.17) is 10.8 Å². The predicted molar refractivity (Wildman–Crippen MR) is 49.8 cm³/mol. The molecular weight excluding hydrogens is 169 g/mol. The zero-order valence-corrected chi connectivity index (χ0v) is 7.57. The molecule has 0 radical (unpaired) electrons. The van der Waals surface area contributed by atoms with Crippen LogP contribution in [0.1, 0.15) is 12.5 Å². The minimum atomic E-state index is -0.566. The third-order valence-electron chi connectivity index (χ3n) is 1.98. The first-order chi connectivity index (χ1) is 6.09. The molecule has 1 rings (SSSR count). The zero-order chi connectivity index (χ0) is 9.84. The summed E-state index contributed by atoms with van der Waals surface area (Å²) in [6, 6.07) is 5.92. The van der Waals surface area contributed by atoms with Gasteiger partial charge in [0.25, 0.3) is 0 Å². The van der Waals surface area contributed by atoms with Gasteiger partial charge in [0.15, 0.2) is 0 Å². The summed E-state index contributed by atoms with van der Waals surface area (Å²) in [7, 11) is 0. The quantitative estimate of drug-likeness (QED) is 0.736. The van der Waals surface area contributed by atoms with Crippen molar-refractivity contribution in [1.82, 2.24) is 0 Å². The van der Waals surface area contributed by atoms with Crippen molar-refractivity contribution in [3.05, 3.63) is 35.6 Å². The van der Waals surface area contributed by atoms with Crippen LogP contribution in [0.4, 0.5) is 4.39 Å². The van der Waals surface area contributed by atoms with Crippen molar-refractivity contribution in [3.63, 3.8) is 0 Å². The fourth-order valence-electron chi connectivity index (χ4n) is 1.11. The predicted octanol–water partition coefficient (Wildman–Crippen LogP) is 1.08. The molecule has 0 saturated carbocycles. The molecule has 0 bridgehead atoms. The average Bonchev–Trinajstić information content (AvgIpc) is 2.04. The Hall–Kier alpha value is -0.930. The largest absolute Gasteiger partial charge is 0.392 e. The van der Waals surface area contributed by atoms with E-state index in [0.29, 0.717) is 6.42 Å². The first-order valence-electron chi connectivity index (χ1n) is 4.27. The molecule has 0 amide bonds. The van der Waals surface area contributed by atoms with Gasteiger partial charge in [-0.15, -0.1) is 0 Å². The second-order valence-electron chi connectivity index (χ2n) is 3.24. The summed E-state index contributed by atoms with van der Waals surface area (Å²) in [6.07, 6.45) is -0.0710. The number of benzene rings is 1. The van der Waals surface area contributed by atoms with Crippen LogP contribution in [0, 0.1) is 5.82 Å². The number of halogens is 1. The SMILES string of the molecule is CC(O)C(N)Cc1cccc(F)c1. The Morgan fingerprint density at radius 1 is 1.54 bits per heavy atom. The molecule has 0 saturated heterocycles. The first kappa shape index (κ1) is 10.2. The smallest absolute Gasteiger partial charge is 0.123 e. The second-order valence-corrected chi connectivity index (χ2v) is 3.24. The lowest BCUT2D eigenvalue weighted by atomic mass is 10.0. The normalized spacial score (nSPS) is 15.4. The second kappa shape index (κ2) is 4.35. The third kappa shape index (κ3) is 3.13. The zero-order valence-electron chi connectivity index (χ0n) is 7.57. The summed E-state index contributed by atoms with van der Waals surface area (Å²) < 4.78 is 12.7. The van der Waals surface area contributed by atoms with Crippen LogP contribution in [-0.4, -0.2) is 17.3 Å². The molecule has 1 aromatic carbocycles. The maximum Gasteiger partial charge on any atom is 0.123 e. The number of aliphatic hydroxyl groups excluding tert-OH is 1. The van der Waals surface area contributed by atoms with E-state index in [1.165, 1.54) is 12.1 Å². The molecule has 2 unspecified atom stereocenters. The van der Waals surface area contributed by atoms with Crippen molar-refractivity contribution < 1.29 is 9.50 Å². The van der Waals surface area contributed by atoms with Gasteiger partial charge in [-0.2, -0.15) is 0 Å². The van der Waals surface area contributed by atoms with Crippen LogP contribution in [0.3, 0.4) is 0 Å². The summed E-state index contributed by atoms with van der Waals surface area (Å²) in [5.41, 5.74) is 6.44. The Labute approximate surface area is 77.2 Å². The van der Waals surface area contributed by atoms with E-state index in [1.54, 1.807) is 19.1 Å². The highest BCUT2D eigenvalue weighted by Crippen LogP contribution is 2.07. The molecule has 0 spiro atoms. The fraction of sp³-hybridized carbons (Fsp3) is 0.400. The van der Waals surface area contributed by atoms with Gasteiger partial charge in [-0.05, 0) is 31.0 Å². The Morgan fingerprint density at radius 3 is 2.77 bits per heavy atom. The molecular formula is C10H14FNO. The molecule has 0 aliphatic heterocycles. The lowest BCUT2D eigenvalue weighted by Crippen LogP contribution is -2.34. The molecule has 72 valence electrons. The van der Waals surface area contributed by atoms with Gasteiger partial charge in [-0.25, -0.2) is 4.39 Å². The summed E-state index contributed by atoms with van der Waals surface area (Å²) in [5, 5.41) is 9.13. The van der Waals surface area contributed by atoms with E-state index in [9.17, 15) is 4.39 Å². The molecule has 0 aliphatic carbocycles. The van der Waals surface area contributed by atoms with Crippen LogP contribution >= 0.6 is 0 Å². The van der Waals surface area contributed by atoms with Crippen molar-refractivity contribution in [2.45, 2.75) is 25.5 Å². The topological polar surface area (TPSA) is 46.2 Å². The van der Waals surface area contributed by atoms with Gasteiger partial charge in [0, 0.05) is 6.04 Å². The fourth-order valence-corrected chi connectivity index (χ4v) is 1.11. The van der Waals surface area contributed by atoms with Gasteiger partial charge in [-0.1, -0.05) is 12.1 Å². The molecule has 2 atom stereocenters. The summed E-state index contributed by atoms with van der Waals surface area (Å²) in [6.45, 7) is 1.63. The molecule has 0 fully saturated rings. The monoisotopic (exact) mass is 183 g/mol. The maximum atomic E-state index is 12.7. The Bertz CT molecular complexity index is 275. The molecule has 2 nitrogen and oxygen atoms in total. The number of nitrogens with two attached hydrogens (primary N) is 1. The summed E-state index contributed by atoms with van der Waals surface area (Å²) >= 11 is 0. The van der Waals surface area contributed by atoms with Gasteiger partial charge in [0.1, 0.15) is 5.82 Å². The molecule has 0 heterocycles. The van der Waals surface area contributed by atoms with Crippen LogP contribution in [-0.2, 0) is 6.42 Å². The van der Waals surface area contributed by atoms with Gasteiger partial charge >= 0.3 is 0 Å². The van der Waals surface area contributed by atoms with Gasteiger partial charge < -0.3 is 10.8 Å². The van der Waals surface area contributed by atoms with Gasteiger partial charge in [0.2, 0.25) is 0 Å². The van der Waals surface area contributed by atoms with E-state index in [0.717, 1.165) is 5.56 Å². The Kier molecular flexibility index (Phi) is 3.39. The van der Waals surface area contributed by atoms with Crippen molar-refractivity contribution in [2.24, 2.45) is 5.73 Å². The molecule has 3 heteroatoms. The number of rotatable bonds is 3. The van der Waals surface area contributed by atoms with Gasteiger partial charge in [0.05, 0.1) is 6.10 Å². The van der Waals surface area contributed by atoms with E-state index in [1.807, 2.05) is 0 Å². The highest BCUT2D eigenvalue weighted by molar-refractivity contribution is 5.17. The lowest BCUT2D eigenvalue weighted by Gasteiger charge is -2.14. The molecule has 1 aromatic rings. The van der Waals surface area contributed by atoms with E-state index in [-0.39, 0.29) is 11.9 Å². The van der Waals surface area contributed by atoms with Crippen molar-refractivity contribution in [2.75, 3.05) is 0 Å². The average molecular weight is 183 g/mol. The molecule has 0 aromatic heterocycles. The van der Waals surface area contributed by atoms with E-state index >= 15 is 0 Å². The molecule has 0 aliphatic rings. The van der Waals surface area contributed by atoms with Crippen molar-refractivity contribution >= 4 is 0 Å². The number of hydrogen-bond donors (Lipinski definition) is 2. The van der Waals surface area contributed by atoms with Crippen LogP contribution in [0.25, 0.3) is 0 Å². The minimum Gasteiger partial charge on any atom is -0.392 e. The Morgan fingerprint density at radius 2 is 2.23 bits per heavy atom. The third-order valence-corrected chi connectivity index (χ3v) is 1.98. The summed E-state index contributed by atoms with van der Waals surface area (Å²) in [4.78, 5) is 0. The lowest BCUT2D eigenvalue weighted by molar-refractivity contribution is 0.163. The highest BCUT2D eigenvalue weighted by atomic mass is 19.1. The van der Waals surface area contributed by atoms with Crippen LogP contribution < -0.4 is 5.73 Å². The Balaban J connectivity index is 2.64. The number of aliphatic hydroxyl groups is 1. The highest BCUT2D eigenvalue weighted by Gasteiger charge is 2.09. The molecule has 13 heavy (non-hydrogen) atoms. The molecule has 3 N–H and O–H groups in total. The van der Waals surface area contributed by atoms with Crippen molar-refractivity contribution in [3.8, 4) is 0 Å². The van der Waals surface area contributed by atoms with Crippen LogP contribution in [0.15, 0.2) is 24.3 Å². The summed E-state index contributed by atoms with van der Waals surface area (Å²) in [5.74, 6) is -0.268. The van der Waals surface area contributed by atoms with Gasteiger partial charge in [-0.3, -0.25) is 0 Å². The van der Waals surface area contributed by atoms with E-state index in [2.05, 4.69) is 0 Å². The van der Waals surface area contributed by atoms with E-state index < -0.39 is 6.10 Å². The van der Waals surface area contributed by atoms with Crippen molar-refractivity contribution in [1.29, 1.82) is 0 Å². The van der Waals surface area contributed by atoms with Crippen LogP contribution in [0.5, 0.6) is 0 Å². The van der Waals surface area contributed by atoms with Crippen LogP contribution in [0.2, 0.25) is 0 Å². The minimum absolute atomic E-state index is 0.268.